The van der Waals surface area contributed by atoms with Crippen molar-refractivity contribution in [1.82, 2.24) is 5.32 Å². The van der Waals surface area contributed by atoms with Crippen molar-refractivity contribution in [2.45, 2.75) is 12.5 Å². The monoisotopic (exact) mass is 208 g/mol. The van der Waals surface area contributed by atoms with Gasteiger partial charge in [0.05, 0.1) is 4.92 Å². The number of nitrogens with zero attached hydrogens (tertiary/aromatic N) is 1. The third-order valence-corrected chi connectivity index (χ3v) is 2.37. The fourth-order valence-corrected chi connectivity index (χ4v) is 1.62. The highest BCUT2D eigenvalue weighted by Crippen LogP contribution is 2.27. The normalized spacial score (nSPS) is 20.1. The largest absolute Gasteiger partial charge is 0.482 e. The summed E-state index contributed by atoms with van der Waals surface area (Å²) in [5.41, 5.74) is 0.0319. The molecule has 2 rings (SSSR count). The van der Waals surface area contributed by atoms with E-state index in [0.29, 0.717) is 5.75 Å². The quantitative estimate of drug-likeness (QED) is 0.601. The molecule has 1 atom stereocenters. The zero-order valence-corrected chi connectivity index (χ0v) is 8.18. The van der Waals surface area contributed by atoms with Crippen LogP contribution < -0.4 is 10.1 Å². The van der Waals surface area contributed by atoms with Crippen LogP contribution in [0.2, 0.25) is 0 Å². The maximum atomic E-state index is 10.7. The Hall–Kier alpha value is -1.62. The summed E-state index contributed by atoms with van der Waals surface area (Å²) in [4.78, 5) is 10.3. The minimum atomic E-state index is -0.419. The second-order valence-electron chi connectivity index (χ2n) is 3.46. The van der Waals surface area contributed by atoms with Crippen molar-refractivity contribution in [2.75, 3.05) is 13.1 Å². The molecular formula is C10H12N2O3. The highest BCUT2D eigenvalue weighted by Gasteiger charge is 2.20. The van der Waals surface area contributed by atoms with Gasteiger partial charge >= 0.3 is 5.69 Å². The Balaban J connectivity index is 2.15. The minimum Gasteiger partial charge on any atom is -0.482 e. The van der Waals surface area contributed by atoms with E-state index in [1.807, 2.05) is 0 Å². The van der Waals surface area contributed by atoms with Gasteiger partial charge in [-0.15, -0.1) is 0 Å². The summed E-state index contributed by atoms with van der Waals surface area (Å²) in [6.07, 6.45) is 0.942. The molecule has 0 unspecified atom stereocenters. The van der Waals surface area contributed by atoms with Crippen molar-refractivity contribution in [1.29, 1.82) is 0 Å². The van der Waals surface area contributed by atoms with Gasteiger partial charge in [-0.05, 0) is 19.0 Å². The van der Waals surface area contributed by atoms with Gasteiger partial charge < -0.3 is 10.1 Å². The standard InChI is InChI=1S/C10H12N2O3/c13-12(14)9-3-1-2-4-10(9)15-8-5-6-11-7-8/h1-4,8,11H,5-7H2/t8-/m1/s1. The second kappa shape index (κ2) is 4.27. The van der Waals surface area contributed by atoms with Crippen LogP contribution >= 0.6 is 0 Å². The van der Waals surface area contributed by atoms with Gasteiger partial charge in [0.1, 0.15) is 6.10 Å². The number of hydrogen-bond donors (Lipinski definition) is 1. The minimum absolute atomic E-state index is 0.0319. The van der Waals surface area contributed by atoms with E-state index >= 15 is 0 Å². The molecule has 0 spiro atoms. The lowest BCUT2D eigenvalue weighted by molar-refractivity contribution is -0.386. The molecule has 0 bridgehead atoms. The van der Waals surface area contributed by atoms with Gasteiger partial charge in [0.2, 0.25) is 0 Å². The van der Waals surface area contributed by atoms with Crippen molar-refractivity contribution in [3.63, 3.8) is 0 Å². The number of ether oxygens (including phenoxy) is 1. The van der Waals surface area contributed by atoms with Crippen LogP contribution in [0.15, 0.2) is 24.3 Å². The van der Waals surface area contributed by atoms with E-state index in [1.54, 1.807) is 18.2 Å². The SMILES string of the molecule is O=[N+]([O-])c1ccccc1O[C@@H]1CCNC1. The fourth-order valence-electron chi connectivity index (χ4n) is 1.62. The van der Waals surface area contributed by atoms with Gasteiger partial charge in [-0.25, -0.2) is 0 Å². The molecule has 1 aliphatic rings. The molecule has 1 aromatic rings. The molecule has 1 N–H and O–H groups in total. The first-order chi connectivity index (χ1) is 7.27. The van der Waals surface area contributed by atoms with Crippen molar-refractivity contribution in [3.05, 3.63) is 34.4 Å². The first kappa shape index (κ1) is 9.92. The molecule has 5 nitrogen and oxygen atoms in total. The summed E-state index contributed by atoms with van der Waals surface area (Å²) in [7, 11) is 0. The molecule has 15 heavy (non-hydrogen) atoms. The number of hydrogen-bond acceptors (Lipinski definition) is 4. The van der Waals surface area contributed by atoms with E-state index in [9.17, 15) is 10.1 Å². The lowest BCUT2D eigenvalue weighted by atomic mass is 10.3. The molecule has 0 radical (unpaired) electrons. The molecule has 1 saturated heterocycles. The Morgan fingerprint density at radius 1 is 1.47 bits per heavy atom. The molecule has 5 heteroatoms. The highest BCUT2D eigenvalue weighted by molar-refractivity contribution is 5.45. The summed E-state index contributed by atoms with van der Waals surface area (Å²) in [5, 5.41) is 13.9. The number of nitro groups is 1. The second-order valence-corrected chi connectivity index (χ2v) is 3.46. The Kier molecular flexibility index (Phi) is 2.82. The predicted octanol–water partition coefficient (Wildman–Crippen LogP) is 1.34. The predicted molar refractivity (Wildman–Crippen MR) is 55.0 cm³/mol. The van der Waals surface area contributed by atoms with Gasteiger partial charge in [0, 0.05) is 12.6 Å². The van der Waals surface area contributed by atoms with Crippen molar-refractivity contribution in [2.24, 2.45) is 0 Å². The first-order valence-corrected chi connectivity index (χ1v) is 4.88. The van der Waals surface area contributed by atoms with Crippen molar-refractivity contribution < 1.29 is 9.66 Å². The van der Waals surface area contributed by atoms with Gasteiger partial charge in [-0.2, -0.15) is 0 Å². The molecule has 1 aliphatic heterocycles. The molecular weight excluding hydrogens is 196 g/mol. The lowest BCUT2D eigenvalue weighted by Gasteiger charge is -2.11. The molecule has 0 aliphatic carbocycles. The molecule has 0 amide bonds. The van der Waals surface area contributed by atoms with Crippen LogP contribution in [0.25, 0.3) is 0 Å². The third kappa shape index (κ3) is 2.24. The van der Waals surface area contributed by atoms with Crippen molar-refractivity contribution >= 4 is 5.69 Å². The number of para-hydroxylation sites is 2. The van der Waals surface area contributed by atoms with E-state index in [4.69, 9.17) is 4.74 Å². The van der Waals surface area contributed by atoms with E-state index in [-0.39, 0.29) is 11.8 Å². The topological polar surface area (TPSA) is 64.4 Å². The van der Waals surface area contributed by atoms with Crippen LogP contribution in [-0.4, -0.2) is 24.1 Å². The van der Waals surface area contributed by atoms with Crippen LogP contribution in [0.1, 0.15) is 6.42 Å². The summed E-state index contributed by atoms with van der Waals surface area (Å²) < 4.78 is 5.56. The Morgan fingerprint density at radius 3 is 2.93 bits per heavy atom. The molecule has 0 saturated carbocycles. The van der Waals surface area contributed by atoms with Gasteiger partial charge in [0.25, 0.3) is 0 Å². The summed E-state index contributed by atoms with van der Waals surface area (Å²) in [5.74, 6) is 0.358. The molecule has 0 aromatic heterocycles. The summed E-state index contributed by atoms with van der Waals surface area (Å²) in [6, 6.07) is 6.47. The third-order valence-electron chi connectivity index (χ3n) is 2.37. The van der Waals surface area contributed by atoms with E-state index in [2.05, 4.69) is 5.32 Å². The molecule has 1 heterocycles. The Labute approximate surface area is 87.2 Å². The number of benzene rings is 1. The smallest absolute Gasteiger partial charge is 0.310 e. The van der Waals surface area contributed by atoms with Crippen LogP contribution in [0, 0.1) is 10.1 Å². The van der Waals surface area contributed by atoms with E-state index in [1.165, 1.54) is 6.07 Å². The van der Waals surface area contributed by atoms with Gasteiger partial charge in [-0.1, -0.05) is 12.1 Å². The first-order valence-electron chi connectivity index (χ1n) is 4.88. The molecule has 80 valence electrons. The molecule has 1 fully saturated rings. The zero-order valence-electron chi connectivity index (χ0n) is 8.18. The summed E-state index contributed by atoms with van der Waals surface area (Å²) in [6.45, 7) is 1.66. The summed E-state index contributed by atoms with van der Waals surface area (Å²) >= 11 is 0. The average Bonchev–Trinajstić information content (AvgIpc) is 2.71. The van der Waals surface area contributed by atoms with Crippen LogP contribution in [0.5, 0.6) is 5.75 Å². The maximum absolute atomic E-state index is 10.7. The number of rotatable bonds is 3. The zero-order chi connectivity index (χ0) is 10.7. The van der Waals surface area contributed by atoms with Crippen LogP contribution in [0.4, 0.5) is 5.69 Å². The fraction of sp³-hybridized carbons (Fsp3) is 0.400. The van der Waals surface area contributed by atoms with E-state index in [0.717, 1.165) is 19.5 Å². The van der Waals surface area contributed by atoms with Crippen molar-refractivity contribution in [3.8, 4) is 5.75 Å². The van der Waals surface area contributed by atoms with Gasteiger partial charge in [0.15, 0.2) is 5.75 Å². The number of nitro benzene ring substituents is 1. The Bertz CT molecular complexity index is 361. The van der Waals surface area contributed by atoms with Crippen LogP contribution in [-0.2, 0) is 0 Å². The maximum Gasteiger partial charge on any atom is 0.310 e. The Morgan fingerprint density at radius 2 is 2.27 bits per heavy atom. The van der Waals surface area contributed by atoms with Gasteiger partial charge in [-0.3, -0.25) is 10.1 Å². The van der Waals surface area contributed by atoms with Crippen LogP contribution in [0.3, 0.4) is 0 Å². The number of nitrogens with one attached hydrogen (secondary N) is 1. The van der Waals surface area contributed by atoms with E-state index < -0.39 is 4.92 Å². The average molecular weight is 208 g/mol. The highest BCUT2D eigenvalue weighted by atomic mass is 16.6. The lowest BCUT2D eigenvalue weighted by Crippen LogP contribution is -2.19. The molecule has 1 aromatic carbocycles.